The molecule has 0 spiro atoms. The average molecular weight is 261 g/mol. The van der Waals surface area contributed by atoms with Crippen LogP contribution >= 0.6 is 15.9 Å². The van der Waals surface area contributed by atoms with Crippen molar-refractivity contribution in [2.45, 2.75) is 12.8 Å². The highest BCUT2D eigenvalue weighted by atomic mass is 79.9. The highest BCUT2D eigenvalue weighted by Gasteiger charge is 2.28. The zero-order valence-electron chi connectivity index (χ0n) is 7.35. The Labute approximate surface area is 87.8 Å². The number of fused-ring (bicyclic) bond motifs is 1. The molecule has 0 aliphatic rings. The van der Waals surface area contributed by atoms with Gasteiger partial charge in [0.1, 0.15) is 11.8 Å². The summed E-state index contributed by atoms with van der Waals surface area (Å²) >= 11 is 3.24. The smallest absolute Gasteiger partial charge is 0.274 e. The minimum Gasteiger partial charge on any atom is -0.464 e. The molecule has 0 aliphatic carbocycles. The van der Waals surface area contributed by atoms with Gasteiger partial charge >= 0.3 is 0 Å². The van der Waals surface area contributed by atoms with Crippen LogP contribution < -0.4 is 0 Å². The first-order valence-electron chi connectivity index (χ1n) is 4.03. The molecule has 0 atom stereocenters. The molecule has 2 aromatic rings. The molecule has 0 amide bonds. The number of hydrogen-bond acceptors (Lipinski definition) is 1. The third-order valence-corrected chi connectivity index (χ3v) is 2.50. The van der Waals surface area contributed by atoms with Gasteiger partial charge in [-0.15, -0.1) is 0 Å². The van der Waals surface area contributed by atoms with E-state index in [1.807, 2.05) is 0 Å². The van der Waals surface area contributed by atoms with E-state index in [2.05, 4.69) is 15.9 Å². The number of furan rings is 1. The normalized spacial score (nSPS) is 12.3. The summed E-state index contributed by atoms with van der Waals surface area (Å²) in [7, 11) is 0. The fraction of sp³-hybridized carbons (Fsp3) is 0.200. The maximum absolute atomic E-state index is 13.0. The molecule has 0 N–H and O–H groups in total. The maximum Gasteiger partial charge on any atom is 0.274 e. The first-order chi connectivity index (χ1) is 6.48. The molecule has 0 aliphatic heterocycles. The number of alkyl halides is 2. The predicted molar refractivity (Wildman–Crippen MR) is 53.5 cm³/mol. The van der Waals surface area contributed by atoms with E-state index in [4.69, 9.17) is 4.42 Å². The van der Waals surface area contributed by atoms with Crippen molar-refractivity contribution in [3.63, 3.8) is 0 Å². The Morgan fingerprint density at radius 1 is 1.36 bits per heavy atom. The van der Waals surface area contributed by atoms with Gasteiger partial charge in [0, 0.05) is 16.8 Å². The monoisotopic (exact) mass is 260 g/mol. The second-order valence-corrected chi connectivity index (χ2v) is 4.09. The Morgan fingerprint density at radius 2 is 2.07 bits per heavy atom. The Balaban J connectivity index is 2.70. The molecule has 2 rings (SSSR count). The molecule has 4 heteroatoms. The molecular formula is C10H7BrF2O. The van der Waals surface area contributed by atoms with Crippen molar-refractivity contribution in [1.82, 2.24) is 0 Å². The lowest BCUT2D eigenvalue weighted by atomic mass is 10.1. The Bertz CT molecular complexity index is 470. The fourth-order valence-corrected chi connectivity index (χ4v) is 1.68. The lowest BCUT2D eigenvalue weighted by Gasteiger charge is -2.06. The van der Waals surface area contributed by atoms with Crippen LogP contribution in [0.4, 0.5) is 8.78 Å². The van der Waals surface area contributed by atoms with E-state index in [0.29, 0.717) is 11.0 Å². The summed E-state index contributed by atoms with van der Waals surface area (Å²) in [5.74, 6) is -2.86. The molecular weight excluding hydrogens is 254 g/mol. The van der Waals surface area contributed by atoms with Crippen LogP contribution in [0.25, 0.3) is 11.0 Å². The van der Waals surface area contributed by atoms with E-state index in [-0.39, 0.29) is 5.56 Å². The highest BCUT2D eigenvalue weighted by molar-refractivity contribution is 9.10. The molecule has 1 aromatic heterocycles. The maximum atomic E-state index is 13.0. The van der Waals surface area contributed by atoms with E-state index in [1.54, 1.807) is 18.2 Å². The third-order valence-electron chi connectivity index (χ3n) is 2.01. The molecule has 0 unspecified atom stereocenters. The second kappa shape index (κ2) is 3.05. The third kappa shape index (κ3) is 1.54. The number of hydrogen-bond donors (Lipinski definition) is 0. The lowest BCUT2D eigenvalue weighted by molar-refractivity contribution is 0.0183. The summed E-state index contributed by atoms with van der Waals surface area (Å²) in [6.07, 6.45) is 1.11. The Hall–Kier alpha value is -0.900. The number of benzene rings is 1. The van der Waals surface area contributed by atoms with Crippen molar-refractivity contribution < 1.29 is 13.2 Å². The highest BCUT2D eigenvalue weighted by Crippen LogP contribution is 2.35. The molecule has 0 fully saturated rings. The summed E-state index contributed by atoms with van der Waals surface area (Å²) in [4.78, 5) is 0. The molecule has 1 nitrogen and oxygen atoms in total. The first-order valence-corrected chi connectivity index (χ1v) is 4.83. The quantitative estimate of drug-likeness (QED) is 0.745. The minimum atomic E-state index is -2.86. The van der Waals surface area contributed by atoms with Crippen molar-refractivity contribution in [3.05, 3.63) is 34.5 Å². The first kappa shape index (κ1) is 9.65. The van der Waals surface area contributed by atoms with E-state index in [1.165, 1.54) is 0 Å². The van der Waals surface area contributed by atoms with Gasteiger partial charge in [0.05, 0.1) is 5.56 Å². The second-order valence-electron chi connectivity index (χ2n) is 3.18. The molecule has 1 aromatic carbocycles. The molecule has 74 valence electrons. The van der Waals surface area contributed by atoms with Crippen LogP contribution in [-0.2, 0) is 5.92 Å². The van der Waals surface area contributed by atoms with Crippen molar-refractivity contribution in [2.75, 3.05) is 0 Å². The molecule has 1 heterocycles. The minimum absolute atomic E-state index is 0.0694. The fourth-order valence-electron chi connectivity index (χ4n) is 1.34. The summed E-state index contributed by atoms with van der Waals surface area (Å²) < 4.78 is 32.0. The summed E-state index contributed by atoms with van der Waals surface area (Å²) in [5.41, 5.74) is 0.399. The van der Waals surface area contributed by atoms with Gasteiger partial charge < -0.3 is 4.42 Å². The van der Waals surface area contributed by atoms with Crippen LogP contribution in [0.1, 0.15) is 12.5 Å². The summed E-state index contributed by atoms with van der Waals surface area (Å²) in [6, 6.07) is 5.01. The summed E-state index contributed by atoms with van der Waals surface area (Å²) in [5, 5.41) is 0.459. The van der Waals surface area contributed by atoms with Gasteiger partial charge in [-0.05, 0) is 18.2 Å². The van der Waals surface area contributed by atoms with Gasteiger partial charge in [0.25, 0.3) is 5.92 Å². The largest absolute Gasteiger partial charge is 0.464 e. The van der Waals surface area contributed by atoms with Crippen molar-refractivity contribution in [1.29, 1.82) is 0 Å². The van der Waals surface area contributed by atoms with Crippen LogP contribution in [-0.4, -0.2) is 0 Å². The van der Waals surface area contributed by atoms with Crippen molar-refractivity contribution >= 4 is 26.9 Å². The van der Waals surface area contributed by atoms with Crippen molar-refractivity contribution in [2.24, 2.45) is 0 Å². The SMILES string of the molecule is CC(F)(F)c1coc2cc(Br)ccc12. The van der Waals surface area contributed by atoms with E-state index in [9.17, 15) is 8.78 Å². The van der Waals surface area contributed by atoms with E-state index in [0.717, 1.165) is 17.7 Å². The van der Waals surface area contributed by atoms with Gasteiger partial charge in [0.15, 0.2) is 0 Å². The predicted octanol–water partition coefficient (Wildman–Crippen LogP) is 4.31. The van der Waals surface area contributed by atoms with Gasteiger partial charge in [-0.3, -0.25) is 0 Å². The molecule has 0 saturated carbocycles. The van der Waals surface area contributed by atoms with Gasteiger partial charge in [0.2, 0.25) is 0 Å². The topological polar surface area (TPSA) is 13.1 Å². The van der Waals surface area contributed by atoms with Crippen LogP contribution in [0.15, 0.2) is 33.4 Å². The van der Waals surface area contributed by atoms with Crippen LogP contribution in [0.2, 0.25) is 0 Å². The molecule has 0 saturated heterocycles. The molecule has 0 radical (unpaired) electrons. The van der Waals surface area contributed by atoms with Gasteiger partial charge in [-0.25, -0.2) is 8.78 Å². The van der Waals surface area contributed by atoms with Crippen molar-refractivity contribution in [3.8, 4) is 0 Å². The van der Waals surface area contributed by atoms with Gasteiger partial charge in [-0.1, -0.05) is 15.9 Å². The number of rotatable bonds is 1. The van der Waals surface area contributed by atoms with E-state index >= 15 is 0 Å². The van der Waals surface area contributed by atoms with Crippen LogP contribution in [0.3, 0.4) is 0 Å². The molecule has 14 heavy (non-hydrogen) atoms. The standard InChI is InChI=1S/C10H7BrF2O/c1-10(12,13)8-5-14-9-4-6(11)2-3-7(8)9/h2-5H,1H3. The van der Waals surface area contributed by atoms with Crippen LogP contribution in [0.5, 0.6) is 0 Å². The average Bonchev–Trinajstić information content (AvgIpc) is 2.45. The molecule has 0 bridgehead atoms. The Morgan fingerprint density at radius 3 is 2.71 bits per heavy atom. The van der Waals surface area contributed by atoms with Crippen LogP contribution in [0, 0.1) is 0 Å². The van der Waals surface area contributed by atoms with Gasteiger partial charge in [-0.2, -0.15) is 0 Å². The Kier molecular flexibility index (Phi) is 2.10. The summed E-state index contributed by atoms with van der Waals surface area (Å²) in [6.45, 7) is 0.860. The zero-order valence-corrected chi connectivity index (χ0v) is 8.94. The lowest BCUT2D eigenvalue weighted by Crippen LogP contribution is -2.05. The van der Waals surface area contributed by atoms with E-state index < -0.39 is 5.92 Å². The number of halogens is 3. The zero-order chi connectivity index (χ0) is 10.3.